The van der Waals surface area contributed by atoms with Gasteiger partial charge in [-0.1, -0.05) is 128 Å². The van der Waals surface area contributed by atoms with Crippen LogP contribution >= 0.6 is 0 Å². The fourth-order valence-corrected chi connectivity index (χ4v) is 5.48. The number of rotatable bonds is 5. The Hall–Kier alpha value is -5.08. The zero-order valence-electron chi connectivity index (χ0n) is 22.4. The highest BCUT2D eigenvalue weighted by molar-refractivity contribution is 5.89. The molecule has 0 amide bonds. The second-order valence-corrected chi connectivity index (χ2v) is 10.2. The van der Waals surface area contributed by atoms with Crippen molar-refractivity contribution in [2.75, 3.05) is 0 Å². The number of nitrogens with zero attached hydrogens (tertiary/aromatic N) is 2. The molecule has 6 aromatic carbocycles. The van der Waals surface area contributed by atoms with Crippen molar-refractivity contribution in [3.05, 3.63) is 145 Å². The van der Waals surface area contributed by atoms with Gasteiger partial charge in [0.1, 0.15) is 0 Å². The van der Waals surface area contributed by atoms with Crippen molar-refractivity contribution in [3.8, 4) is 45.0 Å². The van der Waals surface area contributed by atoms with Crippen LogP contribution in [0.2, 0.25) is 0 Å². The number of hydrogen-bond acceptors (Lipinski definition) is 2. The fraction of sp³-hybridized carbons (Fsp3) is 0.0526. The lowest BCUT2D eigenvalue weighted by Crippen LogP contribution is -1.96. The van der Waals surface area contributed by atoms with Crippen LogP contribution in [0, 0.1) is 0 Å². The molecule has 0 unspecified atom stereocenters. The predicted octanol–water partition coefficient (Wildman–Crippen LogP) is 10.0. The van der Waals surface area contributed by atoms with Gasteiger partial charge in [-0.2, -0.15) is 0 Å². The maximum Gasteiger partial charge on any atom is 0.160 e. The monoisotopic (exact) mass is 512 g/mol. The average molecular weight is 513 g/mol. The molecule has 7 rings (SSSR count). The number of hydrogen-bond donors (Lipinski definition) is 0. The Bertz CT molecular complexity index is 1890. The number of fused-ring (bicyclic) bond motifs is 2. The summed E-state index contributed by atoms with van der Waals surface area (Å²) in [5.74, 6) is 0.726. The molecule has 0 aliphatic heterocycles. The molecule has 0 aliphatic rings. The SMILES string of the molecule is CCc1ccccc1-c1ccc(-c2nc(-c3ccc4ccccc4c3)cc(-c3ccc4ccccc4c3)n2)cc1. The Morgan fingerprint density at radius 1 is 0.425 bits per heavy atom. The third-order valence-corrected chi connectivity index (χ3v) is 7.67. The third kappa shape index (κ3) is 4.54. The van der Waals surface area contributed by atoms with Crippen LogP contribution in [-0.2, 0) is 6.42 Å². The first-order valence-electron chi connectivity index (χ1n) is 13.8. The molecule has 0 atom stereocenters. The molecule has 1 heterocycles. The van der Waals surface area contributed by atoms with E-state index in [1.807, 2.05) is 0 Å². The summed E-state index contributed by atoms with van der Waals surface area (Å²) in [7, 11) is 0. The van der Waals surface area contributed by atoms with E-state index in [1.165, 1.54) is 38.2 Å². The molecule has 0 saturated carbocycles. The van der Waals surface area contributed by atoms with E-state index in [4.69, 9.17) is 9.97 Å². The lowest BCUT2D eigenvalue weighted by molar-refractivity contribution is 1.14. The van der Waals surface area contributed by atoms with Gasteiger partial charge in [-0.25, -0.2) is 9.97 Å². The van der Waals surface area contributed by atoms with Crippen LogP contribution in [0.3, 0.4) is 0 Å². The molecular formula is C38H28N2. The molecule has 190 valence electrons. The Balaban J connectivity index is 1.37. The standard InChI is InChI=1S/C38H28N2/c1-2-26-9-7-8-14-35(26)29-17-19-30(20-18-29)38-39-36(33-21-15-27-10-3-5-12-31(27)23-33)25-37(40-38)34-22-16-28-11-4-6-13-32(28)24-34/h3-25H,2H2,1H3. The summed E-state index contributed by atoms with van der Waals surface area (Å²) in [6, 6.07) is 49.4. The highest BCUT2D eigenvalue weighted by Crippen LogP contribution is 2.32. The van der Waals surface area contributed by atoms with Crippen LogP contribution < -0.4 is 0 Å². The van der Waals surface area contributed by atoms with Gasteiger partial charge in [0.05, 0.1) is 11.4 Å². The largest absolute Gasteiger partial charge is 0.228 e. The van der Waals surface area contributed by atoms with Crippen LogP contribution in [-0.4, -0.2) is 9.97 Å². The van der Waals surface area contributed by atoms with Gasteiger partial charge in [-0.3, -0.25) is 0 Å². The molecule has 7 aromatic rings. The Kier molecular flexibility index (Phi) is 6.14. The first-order valence-corrected chi connectivity index (χ1v) is 13.8. The van der Waals surface area contributed by atoms with E-state index in [0.717, 1.165) is 40.3 Å². The second kappa shape index (κ2) is 10.2. The summed E-state index contributed by atoms with van der Waals surface area (Å²) in [6.07, 6.45) is 1.00. The molecule has 0 fully saturated rings. The van der Waals surface area contributed by atoms with Gasteiger partial charge >= 0.3 is 0 Å². The molecule has 40 heavy (non-hydrogen) atoms. The highest BCUT2D eigenvalue weighted by Gasteiger charge is 2.12. The van der Waals surface area contributed by atoms with Gasteiger partial charge in [-0.15, -0.1) is 0 Å². The van der Waals surface area contributed by atoms with Crippen LogP contribution in [0.4, 0.5) is 0 Å². The van der Waals surface area contributed by atoms with Crippen molar-refractivity contribution in [1.82, 2.24) is 9.97 Å². The number of benzene rings is 6. The van der Waals surface area contributed by atoms with Crippen molar-refractivity contribution in [1.29, 1.82) is 0 Å². The van der Waals surface area contributed by atoms with Crippen LogP contribution in [0.5, 0.6) is 0 Å². The number of aromatic nitrogens is 2. The third-order valence-electron chi connectivity index (χ3n) is 7.67. The lowest BCUT2D eigenvalue weighted by Gasteiger charge is -2.12. The van der Waals surface area contributed by atoms with Gasteiger partial charge in [0.2, 0.25) is 0 Å². The summed E-state index contributed by atoms with van der Waals surface area (Å²) in [5, 5.41) is 4.84. The van der Waals surface area contributed by atoms with Gasteiger partial charge in [-0.05, 0) is 62.9 Å². The Morgan fingerprint density at radius 3 is 1.48 bits per heavy atom. The maximum absolute atomic E-state index is 5.09. The van der Waals surface area contributed by atoms with Gasteiger partial charge in [0, 0.05) is 16.7 Å². The number of aryl methyl sites for hydroxylation is 1. The Morgan fingerprint density at radius 2 is 0.900 bits per heavy atom. The lowest BCUT2D eigenvalue weighted by atomic mass is 9.97. The zero-order chi connectivity index (χ0) is 26.9. The van der Waals surface area contributed by atoms with E-state index in [1.54, 1.807) is 0 Å². The minimum absolute atomic E-state index is 0.726. The normalized spacial score (nSPS) is 11.2. The van der Waals surface area contributed by atoms with Crippen LogP contribution in [0.1, 0.15) is 12.5 Å². The van der Waals surface area contributed by atoms with E-state index >= 15 is 0 Å². The summed E-state index contributed by atoms with van der Waals surface area (Å²) < 4.78 is 0. The predicted molar refractivity (Wildman–Crippen MR) is 168 cm³/mol. The molecule has 0 saturated heterocycles. The molecule has 0 aliphatic carbocycles. The van der Waals surface area contributed by atoms with E-state index < -0.39 is 0 Å². The maximum atomic E-state index is 5.09. The fourth-order valence-electron chi connectivity index (χ4n) is 5.48. The van der Waals surface area contributed by atoms with Crippen molar-refractivity contribution in [3.63, 3.8) is 0 Å². The summed E-state index contributed by atoms with van der Waals surface area (Å²) >= 11 is 0. The first kappa shape index (κ1) is 24.0. The first-order chi connectivity index (χ1) is 19.7. The molecule has 0 N–H and O–H groups in total. The van der Waals surface area contributed by atoms with Gasteiger partial charge in [0.15, 0.2) is 5.82 Å². The molecule has 2 nitrogen and oxygen atoms in total. The molecule has 0 radical (unpaired) electrons. The van der Waals surface area contributed by atoms with E-state index in [0.29, 0.717) is 0 Å². The van der Waals surface area contributed by atoms with E-state index in [-0.39, 0.29) is 0 Å². The van der Waals surface area contributed by atoms with Crippen molar-refractivity contribution < 1.29 is 0 Å². The van der Waals surface area contributed by atoms with E-state index in [9.17, 15) is 0 Å². The minimum atomic E-state index is 0.726. The molecule has 0 spiro atoms. The van der Waals surface area contributed by atoms with Crippen molar-refractivity contribution in [2.45, 2.75) is 13.3 Å². The summed E-state index contributed by atoms with van der Waals surface area (Å²) in [4.78, 5) is 10.2. The van der Waals surface area contributed by atoms with E-state index in [2.05, 4.69) is 146 Å². The van der Waals surface area contributed by atoms with Gasteiger partial charge < -0.3 is 0 Å². The summed E-state index contributed by atoms with van der Waals surface area (Å²) in [6.45, 7) is 2.20. The topological polar surface area (TPSA) is 25.8 Å². The molecular weight excluding hydrogens is 484 g/mol. The van der Waals surface area contributed by atoms with Crippen molar-refractivity contribution in [2.24, 2.45) is 0 Å². The minimum Gasteiger partial charge on any atom is -0.228 e. The van der Waals surface area contributed by atoms with Gasteiger partial charge in [0.25, 0.3) is 0 Å². The van der Waals surface area contributed by atoms with Crippen molar-refractivity contribution >= 4 is 21.5 Å². The quantitative estimate of drug-likeness (QED) is 0.229. The zero-order valence-corrected chi connectivity index (χ0v) is 22.4. The van der Waals surface area contributed by atoms with Crippen LogP contribution in [0.25, 0.3) is 66.6 Å². The summed E-state index contributed by atoms with van der Waals surface area (Å²) in [5.41, 5.74) is 8.83. The Labute approximate surface area is 234 Å². The molecule has 1 aromatic heterocycles. The van der Waals surface area contributed by atoms with Crippen LogP contribution in [0.15, 0.2) is 140 Å². The molecule has 2 heteroatoms. The second-order valence-electron chi connectivity index (χ2n) is 10.2. The molecule has 0 bridgehead atoms. The highest BCUT2D eigenvalue weighted by atomic mass is 14.9. The average Bonchev–Trinajstić information content (AvgIpc) is 3.04. The smallest absolute Gasteiger partial charge is 0.160 e.